The number of nitrogens with zero attached hydrogens (tertiary/aromatic N) is 3. The second-order valence-electron chi connectivity index (χ2n) is 6.20. The van der Waals surface area contributed by atoms with E-state index in [0.717, 1.165) is 17.0 Å². The van der Waals surface area contributed by atoms with Gasteiger partial charge in [-0.3, -0.25) is 9.36 Å². The molecule has 0 aliphatic rings. The first-order chi connectivity index (χ1) is 13.6. The third-order valence-corrected chi connectivity index (χ3v) is 5.11. The molecule has 2 aromatic carbocycles. The van der Waals surface area contributed by atoms with Crippen LogP contribution in [0.1, 0.15) is 18.5 Å². The van der Waals surface area contributed by atoms with E-state index in [4.69, 9.17) is 0 Å². The molecule has 0 saturated heterocycles. The van der Waals surface area contributed by atoms with Crippen LogP contribution in [0.3, 0.4) is 0 Å². The van der Waals surface area contributed by atoms with Gasteiger partial charge in [0.05, 0.1) is 11.8 Å². The maximum absolute atomic E-state index is 13.0. The SMILES string of the molecule is C=CCn1c(SCC(=O)NC(C)c2ccc(F)cc2)nnc1-c1ccccc1. The molecular weight excluding hydrogens is 375 g/mol. The molecule has 1 heterocycles. The summed E-state index contributed by atoms with van der Waals surface area (Å²) >= 11 is 1.32. The minimum absolute atomic E-state index is 0.128. The molecule has 0 aliphatic heterocycles. The van der Waals surface area contributed by atoms with Gasteiger partial charge in [0.2, 0.25) is 5.91 Å². The van der Waals surface area contributed by atoms with Gasteiger partial charge < -0.3 is 5.32 Å². The van der Waals surface area contributed by atoms with Crippen LogP contribution in [0.4, 0.5) is 4.39 Å². The number of carbonyl (C=O) groups is 1. The molecule has 5 nitrogen and oxygen atoms in total. The van der Waals surface area contributed by atoms with Crippen LogP contribution < -0.4 is 5.32 Å². The summed E-state index contributed by atoms with van der Waals surface area (Å²) in [5.74, 6) is 0.517. The van der Waals surface area contributed by atoms with Crippen molar-refractivity contribution in [1.82, 2.24) is 20.1 Å². The van der Waals surface area contributed by atoms with Crippen molar-refractivity contribution in [2.75, 3.05) is 5.75 Å². The highest BCUT2D eigenvalue weighted by molar-refractivity contribution is 7.99. The fourth-order valence-corrected chi connectivity index (χ4v) is 3.50. The molecule has 0 fully saturated rings. The molecule has 1 N–H and O–H groups in total. The van der Waals surface area contributed by atoms with Crippen LogP contribution in [0.25, 0.3) is 11.4 Å². The summed E-state index contributed by atoms with van der Waals surface area (Å²) in [6, 6.07) is 15.7. The van der Waals surface area contributed by atoms with E-state index in [-0.39, 0.29) is 23.5 Å². The van der Waals surface area contributed by atoms with Crippen molar-refractivity contribution in [3.63, 3.8) is 0 Å². The Labute approximate surface area is 167 Å². The zero-order valence-corrected chi connectivity index (χ0v) is 16.3. The van der Waals surface area contributed by atoms with Crippen LogP contribution >= 0.6 is 11.8 Å². The number of amides is 1. The molecule has 1 atom stereocenters. The number of benzene rings is 2. The van der Waals surface area contributed by atoms with Gasteiger partial charge in [-0.05, 0) is 24.6 Å². The fraction of sp³-hybridized carbons (Fsp3) is 0.190. The molecule has 0 bridgehead atoms. The number of nitrogens with one attached hydrogen (secondary N) is 1. The largest absolute Gasteiger partial charge is 0.349 e. The minimum atomic E-state index is -0.298. The van der Waals surface area contributed by atoms with Crippen LogP contribution in [0.5, 0.6) is 0 Å². The van der Waals surface area contributed by atoms with Crippen molar-refractivity contribution < 1.29 is 9.18 Å². The Kier molecular flexibility index (Phi) is 6.60. The zero-order chi connectivity index (χ0) is 19.9. The van der Waals surface area contributed by atoms with Gasteiger partial charge >= 0.3 is 0 Å². The highest BCUT2D eigenvalue weighted by atomic mass is 32.2. The third-order valence-electron chi connectivity index (χ3n) is 4.14. The molecule has 144 valence electrons. The van der Waals surface area contributed by atoms with Crippen LogP contribution in [0, 0.1) is 5.82 Å². The number of thioether (sulfide) groups is 1. The standard InChI is InChI=1S/C21H21FN4OS/c1-3-13-26-20(17-7-5-4-6-8-17)24-25-21(26)28-14-19(27)23-15(2)16-9-11-18(22)12-10-16/h3-12,15H,1,13-14H2,2H3,(H,23,27). The average molecular weight is 396 g/mol. The lowest BCUT2D eigenvalue weighted by atomic mass is 10.1. The predicted molar refractivity (Wildman–Crippen MR) is 109 cm³/mol. The fourth-order valence-electron chi connectivity index (χ4n) is 2.74. The van der Waals surface area contributed by atoms with Crippen LogP contribution in [-0.2, 0) is 11.3 Å². The monoisotopic (exact) mass is 396 g/mol. The summed E-state index contributed by atoms with van der Waals surface area (Å²) in [7, 11) is 0. The highest BCUT2D eigenvalue weighted by Gasteiger charge is 2.16. The maximum atomic E-state index is 13.0. The molecule has 1 amide bonds. The number of halogens is 1. The van der Waals surface area contributed by atoms with E-state index in [9.17, 15) is 9.18 Å². The molecule has 1 unspecified atom stereocenters. The zero-order valence-electron chi connectivity index (χ0n) is 15.5. The molecule has 3 aromatic rings. The van der Waals surface area contributed by atoms with Crippen molar-refractivity contribution in [2.45, 2.75) is 24.7 Å². The van der Waals surface area contributed by atoms with Crippen molar-refractivity contribution in [1.29, 1.82) is 0 Å². The molecule has 7 heteroatoms. The first kappa shape index (κ1) is 19.8. The number of hydrogen-bond donors (Lipinski definition) is 1. The van der Waals surface area contributed by atoms with E-state index in [2.05, 4.69) is 22.1 Å². The predicted octanol–water partition coefficient (Wildman–Crippen LogP) is 4.24. The van der Waals surface area contributed by atoms with Gasteiger partial charge in [0.25, 0.3) is 0 Å². The van der Waals surface area contributed by atoms with E-state index in [1.54, 1.807) is 18.2 Å². The molecule has 0 aliphatic carbocycles. The first-order valence-corrected chi connectivity index (χ1v) is 9.84. The Morgan fingerprint density at radius 2 is 1.93 bits per heavy atom. The van der Waals surface area contributed by atoms with Gasteiger partial charge in [0.15, 0.2) is 11.0 Å². The summed E-state index contributed by atoms with van der Waals surface area (Å²) in [5, 5.41) is 12.1. The summed E-state index contributed by atoms with van der Waals surface area (Å²) in [6.07, 6.45) is 1.77. The van der Waals surface area contributed by atoms with Gasteiger partial charge in [0, 0.05) is 12.1 Å². The van der Waals surface area contributed by atoms with E-state index < -0.39 is 0 Å². The third kappa shape index (κ3) is 4.86. The quantitative estimate of drug-likeness (QED) is 0.457. The van der Waals surface area contributed by atoms with Crippen LogP contribution in [0.2, 0.25) is 0 Å². The van der Waals surface area contributed by atoms with Crippen molar-refractivity contribution in [3.8, 4) is 11.4 Å². The molecule has 28 heavy (non-hydrogen) atoms. The van der Waals surface area contributed by atoms with Gasteiger partial charge in [-0.2, -0.15) is 0 Å². The van der Waals surface area contributed by atoms with Crippen molar-refractivity contribution in [3.05, 3.63) is 78.6 Å². The van der Waals surface area contributed by atoms with E-state index in [0.29, 0.717) is 11.7 Å². The summed E-state index contributed by atoms with van der Waals surface area (Å²) in [5.41, 5.74) is 1.80. The first-order valence-electron chi connectivity index (χ1n) is 8.85. The number of carbonyl (C=O) groups excluding carboxylic acids is 1. The molecule has 1 aromatic heterocycles. The van der Waals surface area contributed by atoms with Crippen molar-refractivity contribution in [2.24, 2.45) is 0 Å². The maximum Gasteiger partial charge on any atom is 0.230 e. The van der Waals surface area contributed by atoms with Crippen molar-refractivity contribution >= 4 is 17.7 Å². The second-order valence-corrected chi connectivity index (χ2v) is 7.14. The molecule has 0 spiro atoms. The van der Waals surface area contributed by atoms with Gasteiger partial charge in [-0.25, -0.2) is 4.39 Å². The second kappa shape index (κ2) is 9.32. The summed E-state index contributed by atoms with van der Waals surface area (Å²) in [6.45, 7) is 6.21. The lowest BCUT2D eigenvalue weighted by Crippen LogP contribution is -2.28. The van der Waals surface area contributed by atoms with Gasteiger partial charge in [-0.1, -0.05) is 60.3 Å². The Hall–Kier alpha value is -2.93. The lowest BCUT2D eigenvalue weighted by molar-refractivity contribution is -0.119. The Bertz CT molecular complexity index is 941. The molecular formula is C21H21FN4OS. The van der Waals surface area contributed by atoms with Gasteiger partial charge in [-0.15, -0.1) is 16.8 Å². The van der Waals surface area contributed by atoms with Crippen LogP contribution in [-0.4, -0.2) is 26.4 Å². The number of allylic oxidation sites excluding steroid dienone is 1. The highest BCUT2D eigenvalue weighted by Crippen LogP contribution is 2.24. The van der Waals surface area contributed by atoms with E-state index >= 15 is 0 Å². The van der Waals surface area contributed by atoms with E-state index in [1.807, 2.05) is 41.8 Å². The Morgan fingerprint density at radius 3 is 2.61 bits per heavy atom. The smallest absolute Gasteiger partial charge is 0.230 e. The lowest BCUT2D eigenvalue weighted by Gasteiger charge is -2.14. The minimum Gasteiger partial charge on any atom is -0.349 e. The average Bonchev–Trinajstić information content (AvgIpc) is 3.10. The van der Waals surface area contributed by atoms with E-state index in [1.165, 1.54) is 23.9 Å². The summed E-state index contributed by atoms with van der Waals surface area (Å²) < 4.78 is 15.0. The molecule has 0 radical (unpaired) electrons. The number of hydrogen-bond acceptors (Lipinski definition) is 4. The Morgan fingerprint density at radius 1 is 1.21 bits per heavy atom. The van der Waals surface area contributed by atoms with Gasteiger partial charge in [0.1, 0.15) is 5.82 Å². The topological polar surface area (TPSA) is 59.8 Å². The molecule has 3 rings (SSSR count). The number of rotatable bonds is 8. The summed E-state index contributed by atoms with van der Waals surface area (Å²) in [4.78, 5) is 12.3. The normalized spacial score (nSPS) is 11.8. The molecule has 0 saturated carbocycles. The van der Waals surface area contributed by atoms with Crippen LogP contribution in [0.15, 0.2) is 72.4 Å². The number of aromatic nitrogens is 3. The Balaban J connectivity index is 1.65.